The van der Waals surface area contributed by atoms with Crippen molar-refractivity contribution in [1.82, 2.24) is 9.62 Å². The van der Waals surface area contributed by atoms with Crippen LogP contribution in [0.15, 0.2) is 40.6 Å². The van der Waals surface area contributed by atoms with Crippen molar-refractivity contribution in [2.24, 2.45) is 0 Å². The van der Waals surface area contributed by atoms with E-state index in [1.807, 2.05) is 37.3 Å². The molecule has 0 spiro atoms. The van der Waals surface area contributed by atoms with Gasteiger partial charge < -0.3 is 10.1 Å². The zero-order chi connectivity index (χ0) is 16.4. The van der Waals surface area contributed by atoms with Gasteiger partial charge in [0.05, 0.1) is 13.2 Å². The number of methoxy groups -OCH3 is 1. The minimum atomic E-state index is -3.51. The molecule has 1 unspecified atom stereocenters. The van der Waals surface area contributed by atoms with Crippen LogP contribution in [0.5, 0.6) is 5.75 Å². The summed E-state index contributed by atoms with van der Waals surface area (Å²) < 4.78 is 33.5. The second kappa shape index (κ2) is 6.60. The number of piperazine rings is 1. The monoisotopic (exact) mass is 352 g/mol. The molecule has 0 amide bonds. The number of ether oxygens (including phenoxy) is 1. The van der Waals surface area contributed by atoms with E-state index in [-0.39, 0.29) is 6.04 Å². The first kappa shape index (κ1) is 16.4. The number of benzene rings is 1. The first-order chi connectivity index (χ1) is 11.0. The summed E-state index contributed by atoms with van der Waals surface area (Å²) in [7, 11) is -1.90. The van der Waals surface area contributed by atoms with E-state index in [1.54, 1.807) is 17.5 Å². The highest BCUT2D eigenvalue weighted by Crippen LogP contribution is 2.35. The molecule has 1 saturated heterocycles. The van der Waals surface area contributed by atoms with Gasteiger partial charge in [0.15, 0.2) is 0 Å². The van der Waals surface area contributed by atoms with Gasteiger partial charge in [0, 0.05) is 30.1 Å². The topological polar surface area (TPSA) is 58.6 Å². The Hall–Kier alpha value is -1.41. The highest BCUT2D eigenvalue weighted by molar-refractivity contribution is 7.91. The van der Waals surface area contributed by atoms with Gasteiger partial charge in [0.25, 0.3) is 10.0 Å². The van der Waals surface area contributed by atoms with E-state index in [0.717, 1.165) is 10.4 Å². The molecule has 0 saturated carbocycles. The Labute approximate surface area is 140 Å². The third kappa shape index (κ3) is 3.14. The van der Waals surface area contributed by atoms with Gasteiger partial charge in [-0.2, -0.15) is 4.31 Å². The Morgan fingerprint density at radius 1 is 1.26 bits per heavy atom. The highest BCUT2D eigenvalue weighted by atomic mass is 32.2. The molecule has 2 heterocycles. The molecule has 1 fully saturated rings. The summed E-state index contributed by atoms with van der Waals surface area (Å²) in [5.41, 5.74) is 0.888. The molecule has 0 aliphatic carbocycles. The van der Waals surface area contributed by atoms with E-state index in [9.17, 15) is 8.42 Å². The van der Waals surface area contributed by atoms with E-state index in [1.165, 1.54) is 11.3 Å². The van der Waals surface area contributed by atoms with E-state index in [2.05, 4.69) is 5.32 Å². The molecular weight excluding hydrogens is 332 g/mol. The third-order valence-electron chi connectivity index (χ3n) is 3.97. The van der Waals surface area contributed by atoms with Crippen molar-refractivity contribution in [1.29, 1.82) is 0 Å². The van der Waals surface area contributed by atoms with Crippen LogP contribution in [-0.4, -0.2) is 39.5 Å². The molecule has 2 aromatic rings. The number of rotatable bonds is 4. The maximum atomic E-state index is 13.1. The molecule has 1 aromatic heterocycles. The van der Waals surface area contributed by atoms with Gasteiger partial charge in [-0.1, -0.05) is 18.2 Å². The number of sulfonamides is 1. The average Bonchev–Trinajstić information content (AvgIpc) is 3.02. The first-order valence-electron chi connectivity index (χ1n) is 7.46. The zero-order valence-corrected chi connectivity index (χ0v) is 14.8. The van der Waals surface area contributed by atoms with Crippen molar-refractivity contribution in [3.63, 3.8) is 0 Å². The SMILES string of the molecule is COc1ccccc1C1CNCCN1S(=O)(=O)c1ccc(C)s1. The van der Waals surface area contributed by atoms with Crippen LogP contribution in [0.3, 0.4) is 0 Å². The van der Waals surface area contributed by atoms with Gasteiger partial charge in [-0.05, 0) is 25.1 Å². The van der Waals surface area contributed by atoms with Gasteiger partial charge in [0.1, 0.15) is 9.96 Å². The number of para-hydroxylation sites is 1. The summed E-state index contributed by atoms with van der Waals surface area (Å²) in [4.78, 5) is 0.993. The smallest absolute Gasteiger partial charge is 0.253 e. The molecule has 0 bridgehead atoms. The molecule has 23 heavy (non-hydrogen) atoms. The van der Waals surface area contributed by atoms with Crippen molar-refractivity contribution in [2.45, 2.75) is 17.2 Å². The van der Waals surface area contributed by atoms with Crippen LogP contribution in [0.25, 0.3) is 0 Å². The number of nitrogens with one attached hydrogen (secondary N) is 1. The van der Waals surface area contributed by atoms with Crippen LogP contribution in [0.2, 0.25) is 0 Å². The standard InChI is InChI=1S/C16H20N2O3S2/c1-12-7-8-16(22-12)23(19,20)18-10-9-17-11-14(18)13-5-3-4-6-15(13)21-2/h3-8,14,17H,9-11H2,1-2H3. The lowest BCUT2D eigenvalue weighted by Crippen LogP contribution is -2.48. The van der Waals surface area contributed by atoms with Crippen molar-refractivity contribution in [3.8, 4) is 5.75 Å². The summed E-state index contributed by atoms with van der Waals surface area (Å²) in [6.45, 7) is 3.58. The van der Waals surface area contributed by atoms with Gasteiger partial charge in [-0.3, -0.25) is 0 Å². The highest BCUT2D eigenvalue weighted by Gasteiger charge is 2.36. The summed E-state index contributed by atoms with van der Waals surface area (Å²) in [6, 6.07) is 10.9. The van der Waals surface area contributed by atoms with Crippen molar-refractivity contribution < 1.29 is 13.2 Å². The fraction of sp³-hybridized carbons (Fsp3) is 0.375. The summed E-state index contributed by atoms with van der Waals surface area (Å²) in [5.74, 6) is 0.712. The fourth-order valence-corrected chi connectivity index (χ4v) is 5.86. The lowest BCUT2D eigenvalue weighted by Gasteiger charge is -2.35. The third-order valence-corrected chi connectivity index (χ3v) is 7.35. The first-order valence-corrected chi connectivity index (χ1v) is 9.71. The molecule has 1 atom stereocenters. The van der Waals surface area contributed by atoms with Gasteiger partial charge in [-0.15, -0.1) is 11.3 Å². The van der Waals surface area contributed by atoms with Crippen LogP contribution in [0, 0.1) is 6.92 Å². The summed E-state index contributed by atoms with van der Waals surface area (Å²) in [5, 5.41) is 3.29. The molecule has 1 N–H and O–H groups in total. The van der Waals surface area contributed by atoms with Crippen LogP contribution < -0.4 is 10.1 Å². The summed E-state index contributed by atoms with van der Waals surface area (Å²) >= 11 is 1.31. The fourth-order valence-electron chi connectivity index (χ4n) is 2.85. The van der Waals surface area contributed by atoms with Crippen molar-refractivity contribution >= 4 is 21.4 Å². The zero-order valence-electron chi connectivity index (χ0n) is 13.2. The second-order valence-electron chi connectivity index (χ2n) is 5.44. The van der Waals surface area contributed by atoms with E-state index < -0.39 is 10.0 Å². The van der Waals surface area contributed by atoms with Crippen LogP contribution in [0.4, 0.5) is 0 Å². The van der Waals surface area contributed by atoms with Gasteiger partial charge in [-0.25, -0.2) is 8.42 Å². The minimum absolute atomic E-state index is 0.271. The second-order valence-corrected chi connectivity index (χ2v) is 8.85. The Kier molecular flexibility index (Phi) is 4.72. The lowest BCUT2D eigenvalue weighted by atomic mass is 10.0. The Morgan fingerprint density at radius 2 is 2.04 bits per heavy atom. The summed E-state index contributed by atoms with van der Waals surface area (Å²) in [6.07, 6.45) is 0. The molecule has 1 aliphatic heterocycles. The minimum Gasteiger partial charge on any atom is -0.496 e. The van der Waals surface area contributed by atoms with Gasteiger partial charge >= 0.3 is 0 Å². The molecule has 5 nitrogen and oxygen atoms in total. The maximum absolute atomic E-state index is 13.1. The van der Waals surface area contributed by atoms with E-state index in [4.69, 9.17) is 4.74 Å². The number of nitrogens with zero attached hydrogens (tertiary/aromatic N) is 1. The van der Waals surface area contributed by atoms with Crippen molar-refractivity contribution in [2.75, 3.05) is 26.7 Å². The largest absolute Gasteiger partial charge is 0.496 e. The maximum Gasteiger partial charge on any atom is 0.253 e. The number of aryl methyl sites for hydroxylation is 1. The molecule has 3 rings (SSSR count). The number of hydrogen-bond donors (Lipinski definition) is 1. The Bertz CT molecular complexity index is 786. The van der Waals surface area contributed by atoms with Crippen molar-refractivity contribution in [3.05, 3.63) is 46.8 Å². The molecule has 0 radical (unpaired) electrons. The molecule has 124 valence electrons. The normalized spacial score (nSPS) is 19.7. The molecule has 7 heteroatoms. The predicted molar refractivity (Wildman–Crippen MR) is 91.6 cm³/mol. The van der Waals surface area contributed by atoms with Crippen LogP contribution >= 0.6 is 11.3 Å². The molecular formula is C16H20N2O3S2. The Morgan fingerprint density at radius 3 is 2.74 bits per heavy atom. The quantitative estimate of drug-likeness (QED) is 0.918. The molecule has 1 aromatic carbocycles. The number of hydrogen-bond acceptors (Lipinski definition) is 5. The van der Waals surface area contributed by atoms with E-state index in [0.29, 0.717) is 29.6 Å². The average molecular weight is 352 g/mol. The van der Waals surface area contributed by atoms with Crippen LogP contribution in [-0.2, 0) is 10.0 Å². The lowest BCUT2D eigenvalue weighted by molar-refractivity contribution is 0.265. The predicted octanol–water partition coefficient (Wildman–Crippen LogP) is 2.40. The number of thiophene rings is 1. The van der Waals surface area contributed by atoms with E-state index >= 15 is 0 Å². The molecule has 1 aliphatic rings. The Balaban J connectivity index is 2.02. The van der Waals surface area contributed by atoms with Crippen LogP contribution in [0.1, 0.15) is 16.5 Å². The van der Waals surface area contributed by atoms with Gasteiger partial charge in [0.2, 0.25) is 0 Å².